The average Bonchev–Trinajstić information content (AvgIpc) is 2.91. The van der Waals surface area contributed by atoms with E-state index in [1.54, 1.807) is 42.7 Å². The van der Waals surface area contributed by atoms with Gasteiger partial charge in [0.15, 0.2) is 0 Å². The fourth-order valence-electron chi connectivity index (χ4n) is 0.747. The monoisotopic (exact) mass is 221 g/mol. The van der Waals surface area contributed by atoms with Crippen molar-refractivity contribution in [2.45, 2.75) is 13.8 Å². The Bertz CT molecular complexity index is 343. The summed E-state index contributed by atoms with van der Waals surface area (Å²) in [7, 11) is 0. The maximum absolute atomic E-state index is 10.2. The lowest BCUT2D eigenvalue weighted by atomic mass is 10.2. The zero-order valence-electron chi connectivity index (χ0n) is 9.29. The topological polar surface area (TPSA) is 78.9 Å². The van der Waals surface area contributed by atoms with Crippen LogP contribution in [0.5, 0.6) is 0 Å². The van der Waals surface area contributed by atoms with Gasteiger partial charge in [0.25, 0.3) is 0 Å². The summed E-state index contributed by atoms with van der Waals surface area (Å²) in [5.74, 6) is -0.879. The van der Waals surface area contributed by atoms with Crippen molar-refractivity contribution in [1.29, 1.82) is 0 Å². The number of nitrogens with zero attached hydrogens (tertiary/aromatic N) is 2. The molecule has 0 unspecified atom stereocenters. The molecule has 0 radical (unpaired) electrons. The van der Waals surface area contributed by atoms with Crippen LogP contribution >= 0.6 is 0 Å². The number of rotatable bonds is 1. The summed E-state index contributed by atoms with van der Waals surface area (Å²) in [5.41, 5.74) is 0.331. The third kappa shape index (κ3) is 6.31. The molecule has 5 nitrogen and oxygen atoms in total. The molecule has 0 amide bonds. The van der Waals surface area contributed by atoms with Crippen LogP contribution in [0.15, 0.2) is 42.7 Å². The standard InChI is InChI=1S/C7H6O2.C2H3N3.C2H6/c8-7(9)6-4-2-1-3-5-6;1-2-4-5-3-1;1-2/h1-5H,(H,8,9);1-2H,(H,3,4,5);1-2H3. The van der Waals surface area contributed by atoms with Gasteiger partial charge < -0.3 is 5.11 Å². The third-order valence-electron chi connectivity index (χ3n) is 1.35. The molecule has 0 atom stereocenters. The number of nitrogens with one attached hydrogen (secondary N) is 1. The number of hydrogen-bond acceptors (Lipinski definition) is 3. The van der Waals surface area contributed by atoms with E-state index >= 15 is 0 Å². The van der Waals surface area contributed by atoms with Crippen LogP contribution in [-0.4, -0.2) is 26.5 Å². The maximum atomic E-state index is 10.2. The molecule has 86 valence electrons. The van der Waals surface area contributed by atoms with Crippen LogP contribution in [0.2, 0.25) is 0 Å². The van der Waals surface area contributed by atoms with Crippen molar-refractivity contribution < 1.29 is 9.90 Å². The quantitative estimate of drug-likeness (QED) is 0.773. The number of carboxylic acids is 1. The number of carbonyl (C=O) groups is 1. The molecule has 1 aromatic heterocycles. The molecule has 0 aliphatic heterocycles. The second-order valence-electron chi connectivity index (χ2n) is 2.33. The van der Waals surface area contributed by atoms with Crippen LogP contribution in [0, 0.1) is 0 Å². The van der Waals surface area contributed by atoms with Gasteiger partial charge in [0.05, 0.1) is 18.0 Å². The molecule has 16 heavy (non-hydrogen) atoms. The molecule has 0 bridgehead atoms. The summed E-state index contributed by atoms with van der Waals surface area (Å²) in [4.78, 5) is 10.2. The lowest BCUT2D eigenvalue weighted by molar-refractivity contribution is 0.0697. The molecule has 0 aliphatic carbocycles. The van der Waals surface area contributed by atoms with Gasteiger partial charge in [0.1, 0.15) is 0 Å². The second-order valence-corrected chi connectivity index (χ2v) is 2.33. The predicted octanol–water partition coefficient (Wildman–Crippen LogP) is 2.22. The number of aromatic nitrogens is 3. The number of aromatic carboxylic acids is 1. The highest BCUT2D eigenvalue weighted by atomic mass is 16.4. The zero-order valence-corrected chi connectivity index (χ0v) is 9.29. The van der Waals surface area contributed by atoms with Crippen molar-refractivity contribution in [3.8, 4) is 0 Å². The van der Waals surface area contributed by atoms with E-state index in [1.807, 2.05) is 13.8 Å². The molecule has 2 aromatic rings. The summed E-state index contributed by atoms with van der Waals surface area (Å²) < 4.78 is 0. The molecule has 2 rings (SSSR count). The molecule has 1 aromatic carbocycles. The van der Waals surface area contributed by atoms with Gasteiger partial charge in [-0.3, -0.25) is 0 Å². The van der Waals surface area contributed by atoms with Crippen molar-refractivity contribution in [1.82, 2.24) is 15.4 Å². The van der Waals surface area contributed by atoms with Crippen LogP contribution in [0.25, 0.3) is 0 Å². The molecule has 0 fully saturated rings. The fourth-order valence-corrected chi connectivity index (χ4v) is 0.747. The number of carboxylic acid groups (broad SMARTS) is 1. The van der Waals surface area contributed by atoms with Gasteiger partial charge in [-0.25, -0.2) is 4.79 Å². The summed E-state index contributed by atoms with van der Waals surface area (Å²) in [6, 6.07) is 8.30. The first-order chi connectivity index (χ1) is 7.80. The van der Waals surface area contributed by atoms with Crippen LogP contribution < -0.4 is 0 Å². The smallest absolute Gasteiger partial charge is 0.335 e. The van der Waals surface area contributed by atoms with Crippen molar-refractivity contribution in [2.24, 2.45) is 0 Å². The van der Waals surface area contributed by atoms with Crippen LogP contribution in [0.1, 0.15) is 24.2 Å². The summed E-state index contributed by atoms with van der Waals surface area (Å²) >= 11 is 0. The highest BCUT2D eigenvalue weighted by Crippen LogP contribution is 1.96. The normalized spacial score (nSPS) is 7.88. The van der Waals surface area contributed by atoms with Gasteiger partial charge in [0.2, 0.25) is 0 Å². The largest absolute Gasteiger partial charge is 0.478 e. The van der Waals surface area contributed by atoms with Crippen molar-refractivity contribution in [3.05, 3.63) is 48.3 Å². The van der Waals surface area contributed by atoms with Gasteiger partial charge in [0, 0.05) is 0 Å². The number of H-pyrrole nitrogens is 1. The lowest BCUT2D eigenvalue weighted by Crippen LogP contribution is -1.93. The number of aromatic amines is 1. The molecular weight excluding hydrogens is 206 g/mol. The van der Waals surface area contributed by atoms with E-state index in [9.17, 15) is 4.79 Å². The van der Waals surface area contributed by atoms with Gasteiger partial charge in [-0.15, -0.1) is 0 Å². The van der Waals surface area contributed by atoms with Crippen molar-refractivity contribution >= 4 is 5.97 Å². The molecule has 1 heterocycles. The van der Waals surface area contributed by atoms with E-state index in [0.29, 0.717) is 5.56 Å². The van der Waals surface area contributed by atoms with Crippen LogP contribution in [0.4, 0.5) is 0 Å². The molecule has 0 spiro atoms. The summed E-state index contributed by atoms with van der Waals surface area (Å²) in [5, 5.41) is 17.7. The summed E-state index contributed by atoms with van der Waals surface area (Å²) in [6.07, 6.45) is 3.17. The highest BCUT2D eigenvalue weighted by molar-refractivity contribution is 5.87. The number of benzene rings is 1. The average molecular weight is 221 g/mol. The Morgan fingerprint density at radius 2 is 1.62 bits per heavy atom. The first kappa shape index (κ1) is 13.8. The zero-order chi connectivity index (χ0) is 12.2. The van der Waals surface area contributed by atoms with E-state index in [0.717, 1.165) is 0 Å². The summed E-state index contributed by atoms with van der Waals surface area (Å²) in [6.45, 7) is 4.00. The fraction of sp³-hybridized carbons (Fsp3) is 0.182. The molecule has 0 saturated heterocycles. The molecule has 5 heteroatoms. The second kappa shape index (κ2) is 9.39. The van der Waals surface area contributed by atoms with E-state index in [4.69, 9.17) is 5.11 Å². The molecule has 2 N–H and O–H groups in total. The minimum atomic E-state index is -0.879. The van der Waals surface area contributed by atoms with Crippen LogP contribution in [-0.2, 0) is 0 Å². The Kier molecular flexibility index (Phi) is 8.11. The minimum absolute atomic E-state index is 0.331. The Balaban J connectivity index is 0.000000272. The molecule has 0 aliphatic rings. The van der Waals surface area contributed by atoms with Gasteiger partial charge in [-0.05, 0) is 12.1 Å². The minimum Gasteiger partial charge on any atom is -0.478 e. The Hall–Kier alpha value is -2.17. The van der Waals surface area contributed by atoms with E-state index in [-0.39, 0.29) is 0 Å². The van der Waals surface area contributed by atoms with Crippen LogP contribution in [0.3, 0.4) is 0 Å². The lowest BCUT2D eigenvalue weighted by Gasteiger charge is -1.88. The Morgan fingerprint density at radius 1 is 1.12 bits per heavy atom. The van der Waals surface area contributed by atoms with Crippen molar-refractivity contribution in [2.75, 3.05) is 0 Å². The van der Waals surface area contributed by atoms with Gasteiger partial charge in [-0.1, -0.05) is 32.0 Å². The highest BCUT2D eigenvalue weighted by Gasteiger charge is 1.96. The van der Waals surface area contributed by atoms with Gasteiger partial charge in [-0.2, -0.15) is 15.4 Å². The first-order valence-corrected chi connectivity index (χ1v) is 4.89. The SMILES string of the molecule is CC.O=C(O)c1ccccc1.c1cn[nH]n1. The molecular formula is C11H15N3O2. The first-order valence-electron chi connectivity index (χ1n) is 4.89. The van der Waals surface area contributed by atoms with Gasteiger partial charge >= 0.3 is 5.97 Å². The van der Waals surface area contributed by atoms with E-state index < -0.39 is 5.97 Å². The van der Waals surface area contributed by atoms with Crippen molar-refractivity contribution in [3.63, 3.8) is 0 Å². The van der Waals surface area contributed by atoms with E-state index in [2.05, 4.69) is 15.4 Å². The third-order valence-corrected chi connectivity index (χ3v) is 1.35. The molecule has 0 saturated carbocycles. The predicted molar refractivity (Wildman–Crippen MR) is 61.1 cm³/mol. The van der Waals surface area contributed by atoms with E-state index in [1.165, 1.54) is 0 Å². The number of hydrogen-bond donors (Lipinski definition) is 2. The maximum Gasteiger partial charge on any atom is 0.335 e. The Morgan fingerprint density at radius 3 is 1.88 bits per heavy atom. The Labute approximate surface area is 94.1 Å².